The second-order valence-corrected chi connectivity index (χ2v) is 12.2. The Kier molecular flexibility index (Phi) is 7.80. The van der Waals surface area contributed by atoms with Crippen LogP contribution in [0.4, 0.5) is 18.0 Å². The van der Waals surface area contributed by atoms with Crippen molar-refractivity contribution in [3.63, 3.8) is 0 Å². The molecule has 0 aliphatic carbocycles. The molecule has 194 valence electrons. The summed E-state index contributed by atoms with van der Waals surface area (Å²) in [5.41, 5.74) is -0.0407. The third-order valence-electron chi connectivity index (χ3n) is 5.79. The van der Waals surface area contributed by atoms with Gasteiger partial charge < -0.3 is 14.2 Å². The second kappa shape index (κ2) is 10.2. The van der Waals surface area contributed by atoms with Crippen molar-refractivity contribution in [1.82, 2.24) is 9.47 Å². The molecule has 0 bridgehead atoms. The van der Waals surface area contributed by atoms with Crippen LogP contribution in [0, 0.1) is 0 Å². The summed E-state index contributed by atoms with van der Waals surface area (Å²) in [6, 6.07) is 15.5. The SMILES string of the molecule is CN(CC(C)(C)S(C)(=O)=O)C(=O)Oc1c(-c2ccc(Cl)cc2)cc(C(F)(F)F)n1Cc1ccccc1. The average molecular weight is 543 g/mol. The van der Waals surface area contributed by atoms with Crippen LogP contribution in [0.2, 0.25) is 5.02 Å². The zero-order valence-electron chi connectivity index (χ0n) is 20.1. The Hall–Kier alpha value is -2.98. The zero-order chi connectivity index (χ0) is 26.9. The fourth-order valence-electron chi connectivity index (χ4n) is 3.55. The first-order valence-electron chi connectivity index (χ1n) is 10.8. The van der Waals surface area contributed by atoms with E-state index in [4.69, 9.17) is 16.3 Å². The van der Waals surface area contributed by atoms with E-state index in [0.717, 1.165) is 21.8 Å². The van der Waals surface area contributed by atoms with E-state index in [1.807, 2.05) is 0 Å². The minimum Gasteiger partial charge on any atom is -0.392 e. The summed E-state index contributed by atoms with van der Waals surface area (Å²) in [5, 5.41) is 0.389. The Morgan fingerprint density at radius 3 is 2.17 bits per heavy atom. The molecule has 0 N–H and O–H groups in total. The minimum atomic E-state index is -4.75. The highest BCUT2D eigenvalue weighted by molar-refractivity contribution is 7.92. The number of nitrogens with zero attached hydrogens (tertiary/aromatic N) is 2. The molecular formula is C25H26ClF3N2O4S. The maximum atomic E-state index is 14.1. The van der Waals surface area contributed by atoms with Gasteiger partial charge in [-0.15, -0.1) is 0 Å². The molecule has 1 amide bonds. The number of carbonyl (C=O) groups excluding carboxylic acids is 1. The highest BCUT2D eigenvalue weighted by Crippen LogP contribution is 2.41. The second-order valence-electron chi connectivity index (χ2n) is 9.08. The lowest BCUT2D eigenvalue weighted by molar-refractivity contribution is -0.143. The molecule has 0 saturated carbocycles. The summed E-state index contributed by atoms with van der Waals surface area (Å²) < 4.78 is 71.7. The van der Waals surface area contributed by atoms with E-state index in [2.05, 4.69) is 0 Å². The summed E-state index contributed by atoms with van der Waals surface area (Å²) in [5.74, 6) is -0.317. The number of rotatable bonds is 7. The number of hydrogen-bond donors (Lipinski definition) is 0. The molecule has 11 heteroatoms. The van der Waals surface area contributed by atoms with Gasteiger partial charge in [0.05, 0.1) is 11.3 Å². The highest BCUT2D eigenvalue weighted by Gasteiger charge is 2.39. The first-order valence-corrected chi connectivity index (χ1v) is 13.1. The summed E-state index contributed by atoms with van der Waals surface area (Å²) in [6.45, 7) is 2.45. The third-order valence-corrected chi connectivity index (χ3v) is 8.18. The van der Waals surface area contributed by atoms with E-state index in [-0.39, 0.29) is 24.5 Å². The Morgan fingerprint density at radius 2 is 1.64 bits per heavy atom. The molecule has 0 atom stereocenters. The van der Waals surface area contributed by atoms with E-state index in [1.54, 1.807) is 30.3 Å². The Bertz CT molecular complexity index is 1340. The van der Waals surface area contributed by atoms with Gasteiger partial charge in [0.1, 0.15) is 5.69 Å². The van der Waals surface area contributed by atoms with E-state index in [9.17, 15) is 26.4 Å². The monoisotopic (exact) mass is 542 g/mol. The van der Waals surface area contributed by atoms with Crippen molar-refractivity contribution in [1.29, 1.82) is 0 Å². The van der Waals surface area contributed by atoms with Gasteiger partial charge >= 0.3 is 12.3 Å². The van der Waals surface area contributed by atoms with Gasteiger partial charge in [-0.1, -0.05) is 54.1 Å². The van der Waals surface area contributed by atoms with Crippen molar-refractivity contribution in [2.75, 3.05) is 19.8 Å². The quantitative estimate of drug-likeness (QED) is 0.360. The normalized spacial score (nSPS) is 12.4. The molecule has 3 rings (SSSR count). The molecule has 0 aliphatic rings. The average Bonchev–Trinajstić information content (AvgIpc) is 3.12. The van der Waals surface area contributed by atoms with Crippen molar-refractivity contribution in [2.24, 2.45) is 0 Å². The van der Waals surface area contributed by atoms with Gasteiger partial charge in [0.15, 0.2) is 9.84 Å². The van der Waals surface area contributed by atoms with Crippen LogP contribution >= 0.6 is 11.6 Å². The molecule has 0 unspecified atom stereocenters. The fourth-order valence-corrected chi connectivity index (χ4v) is 4.10. The van der Waals surface area contributed by atoms with Gasteiger partial charge in [0.2, 0.25) is 5.88 Å². The zero-order valence-corrected chi connectivity index (χ0v) is 21.7. The van der Waals surface area contributed by atoms with Crippen molar-refractivity contribution in [2.45, 2.75) is 31.3 Å². The molecule has 0 saturated heterocycles. The highest BCUT2D eigenvalue weighted by atomic mass is 35.5. The lowest BCUT2D eigenvalue weighted by atomic mass is 10.1. The smallest absolute Gasteiger partial charge is 0.392 e. The van der Waals surface area contributed by atoms with Crippen LogP contribution in [0.3, 0.4) is 0 Å². The summed E-state index contributed by atoms with van der Waals surface area (Å²) in [4.78, 5) is 14.0. The minimum absolute atomic E-state index is 0.0408. The van der Waals surface area contributed by atoms with E-state index < -0.39 is 32.5 Å². The standard InChI is InChI=1S/C25H26ClF3N2O4S/c1-24(2,36(4,33)34)16-30(3)23(32)35-22-20(18-10-12-19(26)13-11-18)14-21(25(27,28)29)31(22)15-17-8-6-5-7-9-17/h5-14H,15-16H2,1-4H3. The molecule has 0 spiro atoms. The number of benzene rings is 2. The summed E-state index contributed by atoms with van der Waals surface area (Å²) in [6.07, 6.45) is -4.70. The number of halogens is 4. The fraction of sp³-hybridized carbons (Fsp3) is 0.320. The number of ether oxygens (including phenoxy) is 1. The lowest BCUT2D eigenvalue weighted by Gasteiger charge is -2.28. The van der Waals surface area contributed by atoms with E-state index in [1.165, 1.54) is 45.2 Å². The summed E-state index contributed by atoms with van der Waals surface area (Å²) in [7, 11) is -2.21. The molecule has 0 fully saturated rings. The lowest BCUT2D eigenvalue weighted by Crippen LogP contribution is -2.45. The van der Waals surface area contributed by atoms with Crippen molar-refractivity contribution < 1.29 is 31.1 Å². The topological polar surface area (TPSA) is 68.6 Å². The molecule has 36 heavy (non-hydrogen) atoms. The predicted molar refractivity (Wildman–Crippen MR) is 133 cm³/mol. The van der Waals surface area contributed by atoms with Crippen LogP contribution < -0.4 is 4.74 Å². The van der Waals surface area contributed by atoms with E-state index >= 15 is 0 Å². The van der Waals surface area contributed by atoms with Gasteiger partial charge in [0, 0.05) is 30.4 Å². The molecular weight excluding hydrogens is 517 g/mol. The molecule has 6 nitrogen and oxygen atoms in total. The predicted octanol–water partition coefficient (Wildman–Crippen LogP) is 6.13. The van der Waals surface area contributed by atoms with Crippen LogP contribution in [0.25, 0.3) is 11.1 Å². The first kappa shape index (κ1) is 27.6. The Balaban J connectivity index is 2.12. The van der Waals surface area contributed by atoms with Gasteiger partial charge in [-0.2, -0.15) is 13.2 Å². The summed E-state index contributed by atoms with van der Waals surface area (Å²) >= 11 is 5.95. The van der Waals surface area contributed by atoms with Crippen molar-refractivity contribution in [3.8, 4) is 17.0 Å². The number of sulfone groups is 1. The number of aromatic nitrogens is 1. The van der Waals surface area contributed by atoms with E-state index in [0.29, 0.717) is 16.1 Å². The van der Waals surface area contributed by atoms with Gasteiger partial charge in [0.25, 0.3) is 0 Å². The molecule has 2 aromatic carbocycles. The number of amides is 1. The molecule has 1 aromatic heterocycles. The van der Waals surface area contributed by atoms with Gasteiger partial charge in [-0.25, -0.2) is 13.2 Å². The van der Waals surface area contributed by atoms with Crippen LogP contribution in [0.15, 0.2) is 60.7 Å². The molecule has 0 aliphatic heterocycles. The number of hydrogen-bond acceptors (Lipinski definition) is 4. The molecule has 3 aromatic rings. The number of alkyl halides is 3. The number of carbonyl (C=O) groups is 1. The molecule has 1 heterocycles. The molecule has 0 radical (unpaired) electrons. The Morgan fingerprint density at radius 1 is 1.06 bits per heavy atom. The maximum Gasteiger partial charge on any atom is 0.431 e. The van der Waals surface area contributed by atoms with Gasteiger partial charge in [-0.3, -0.25) is 0 Å². The Labute approximate surface area is 213 Å². The maximum absolute atomic E-state index is 14.1. The van der Waals surface area contributed by atoms with Crippen molar-refractivity contribution >= 4 is 27.5 Å². The van der Waals surface area contributed by atoms with Crippen LogP contribution in [0.5, 0.6) is 5.88 Å². The first-order chi connectivity index (χ1) is 16.6. The van der Waals surface area contributed by atoms with Gasteiger partial charge in [-0.05, 0) is 43.2 Å². The van der Waals surface area contributed by atoms with Crippen LogP contribution in [0.1, 0.15) is 25.1 Å². The van der Waals surface area contributed by atoms with Crippen LogP contribution in [-0.2, 0) is 22.6 Å². The largest absolute Gasteiger partial charge is 0.431 e. The van der Waals surface area contributed by atoms with Crippen molar-refractivity contribution in [3.05, 3.63) is 76.9 Å². The van der Waals surface area contributed by atoms with Crippen LogP contribution in [-0.4, -0.2) is 48.6 Å². The third kappa shape index (κ3) is 6.22.